The number of rotatable bonds is 2. The zero-order valence-electron chi connectivity index (χ0n) is 6.69. The predicted octanol–water partition coefficient (Wildman–Crippen LogP) is 5.28. The van der Waals surface area contributed by atoms with Crippen molar-refractivity contribution in [2.45, 2.75) is 0 Å². The molecule has 0 aliphatic heterocycles. The van der Waals surface area contributed by atoms with E-state index in [-0.39, 0.29) is 2.41 Å². The molecule has 0 saturated heterocycles. The molecule has 2 heterocycles. The Morgan fingerprint density at radius 1 is 1.43 bits per heavy atom. The lowest BCUT2D eigenvalue weighted by atomic mass is 10.3. The Kier molecular flexibility index (Phi) is 4.21. The van der Waals surface area contributed by atoms with E-state index < -0.39 is 0 Å². The first-order valence-corrected chi connectivity index (χ1v) is 12.3. The van der Waals surface area contributed by atoms with Gasteiger partial charge in [0, 0.05) is 29.3 Å². The quantitative estimate of drug-likeness (QED) is 0.441. The standard InChI is InChI=1S/C7H4ClI2N2PS/c8-6-1-3-11-7-5(6)2-4-12(7)14-13(9)10/h1-4H. The monoisotopic (exact) mass is 468 g/mol. The molecule has 2 rings (SSSR count). The Morgan fingerprint density at radius 3 is 2.93 bits per heavy atom. The summed E-state index contributed by atoms with van der Waals surface area (Å²) < 4.78 is 1.98. The fourth-order valence-corrected chi connectivity index (χ4v) is 6.00. The van der Waals surface area contributed by atoms with Crippen LogP contribution in [0.25, 0.3) is 11.0 Å². The highest BCUT2D eigenvalue weighted by molar-refractivity contribution is 14.3. The SMILES string of the molecule is Clc1ccnc2c1ccn2SP(I)I. The maximum atomic E-state index is 6.05. The first-order chi connectivity index (χ1) is 6.68. The molecule has 0 atom stereocenters. The molecule has 0 saturated carbocycles. The lowest BCUT2D eigenvalue weighted by Crippen LogP contribution is -1.83. The number of halogens is 3. The molecular formula is C7H4ClI2N2PS. The first kappa shape index (κ1) is 11.7. The Bertz CT molecular complexity index is 462. The van der Waals surface area contributed by atoms with E-state index >= 15 is 0 Å². The summed E-state index contributed by atoms with van der Waals surface area (Å²) >= 11 is 12.7. The molecule has 0 N–H and O–H groups in total. The highest BCUT2D eigenvalue weighted by Crippen LogP contribution is 2.65. The molecule has 0 aromatic carbocycles. The van der Waals surface area contributed by atoms with Crippen molar-refractivity contribution >= 4 is 80.7 Å². The van der Waals surface area contributed by atoms with Crippen LogP contribution < -0.4 is 0 Å². The van der Waals surface area contributed by atoms with Crippen molar-refractivity contribution in [1.29, 1.82) is 0 Å². The third-order valence-corrected chi connectivity index (χ3v) is 6.64. The number of hydrogen-bond acceptors (Lipinski definition) is 2. The van der Waals surface area contributed by atoms with E-state index in [0.29, 0.717) is 0 Å². The van der Waals surface area contributed by atoms with Gasteiger partial charge in [-0.15, -0.1) is 0 Å². The van der Waals surface area contributed by atoms with Crippen LogP contribution in [0.15, 0.2) is 24.5 Å². The molecule has 74 valence electrons. The summed E-state index contributed by atoms with van der Waals surface area (Å²) in [6.07, 6.45) is 3.76. The fraction of sp³-hybridized carbons (Fsp3) is 0. The fourth-order valence-electron chi connectivity index (χ4n) is 1.11. The molecule has 0 radical (unpaired) electrons. The van der Waals surface area contributed by atoms with Gasteiger partial charge in [0.2, 0.25) is 0 Å². The van der Waals surface area contributed by atoms with Gasteiger partial charge in [-0.3, -0.25) is 3.97 Å². The molecule has 0 amide bonds. The molecule has 0 aliphatic rings. The molecule has 0 spiro atoms. The second kappa shape index (κ2) is 5.03. The van der Waals surface area contributed by atoms with Crippen molar-refractivity contribution in [3.63, 3.8) is 0 Å². The lowest BCUT2D eigenvalue weighted by molar-refractivity contribution is 1.27. The number of aromatic nitrogens is 2. The second-order valence-electron chi connectivity index (χ2n) is 2.46. The summed E-state index contributed by atoms with van der Waals surface area (Å²) in [4.78, 5) is 4.32. The maximum absolute atomic E-state index is 6.05. The molecule has 7 heteroatoms. The molecule has 0 fully saturated rings. The van der Waals surface area contributed by atoms with Crippen LogP contribution in [0.1, 0.15) is 0 Å². The van der Waals surface area contributed by atoms with Crippen molar-refractivity contribution in [2.24, 2.45) is 0 Å². The molecule has 0 unspecified atom stereocenters. The summed E-state index contributed by atoms with van der Waals surface area (Å²) in [5, 5.41) is 1.78. The van der Waals surface area contributed by atoms with Gasteiger partial charge in [0.25, 0.3) is 0 Å². The molecule has 2 nitrogen and oxygen atoms in total. The van der Waals surface area contributed by atoms with Crippen LogP contribution in [-0.2, 0) is 0 Å². The molecule has 0 aliphatic carbocycles. The molecule has 14 heavy (non-hydrogen) atoms. The van der Waals surface area contributed by atoms with Crippen LogP contribution in [0.3, 0.4) is 0 Å². The van der Waals surface area contributed by atoms with E-state index in [1.165, 1.54) is 0 Å². The average Bonchev–Trinajstić information content (AvgIpc) is 2.49. The smallest absolute Gasteiger partial charge is 0.151 e. The Morgan fingerprint density at radius 2 is 2.21 bits per heavy atom. The van der Waals surface area contributed by atoms with Crippen LogP contribution in [0.2, 0.25) is 5.02 Å². The van der Waals surface area contributed by atoms with Crippen LogP contribution in [0, 0.1) is 0 Å². The minimum Gasteiger partial charge on any atom is -0.270 e. The highest BCUT2D eigenvalue weighted by atomic mass is 127. The number of hydrogen-bond donors (Lipinski definition) is 0. The van der Waals surface area contributed by atoms with Crippen LogP contribution in [0.5, 0.6) is 0 Å². The third kappa shape index (κ3) is 2.48. The van der Waals surface area contributed by atoms with Gasteiger partial charge in [-0.1, -0.05) is 11.6 Å². The van der Waals surface area contributed by atoms with Crippen molar-refractivity contribution < 1.29 is 0 Å². The van der Waals surface area contributed by atoms with E-state index in [1.807, 2.05) is 18.3 Å². The Balaban J connectivity index is 2.52. The van der Waals surface area contributed by atoms with Crippen molar-refractivity contribution in [1.82, 2.24) is 8.96 Å². The topological polar surface area (TPSA) is 17.8 Å². The van der Waals surface area contributed by atoms with Gasteiger partial charge >= 0.3 is 0 Å². The summed E-state index contributed by atoms with van der Waals surface area (Å²) in [5.74, 6) is 0. The van der Waals surface area contributed by atoms with Gasteiger partial charge < -0.3 is 0 Å². The minimum atomic E-state index is -0.0973. The predicted molar refractivity (Wildman–Crippen MR) is 82.7 cm³/mol. The lowest BCUT2D eigenvalue weighted by Gasteiger charge is -2.03. The Labute approximate surface area is 118 Å². The third-order valence-electron chi connectivity index (χ3n) is 1.65. The molecule has 0 bridgehead atoms. The number of pyridine rings is 1. The summed E-state index contributed by atoms with van der Waals surface area (Å²) in [5.41, 5.74) is 0.948. The van der Waals surface area contributed by atoms with Crippen LogP contribution in [0.4, 0.5) is 0 Å². The minimum absolute atomic E-state index is 0.0973. The normalized spacial score (nSPS) is 11.4. The molecule has 2 aromatic rings. The second-order valence-corrected chi connectivity index (χ2v) is 20.7. The van der Waals surface area contributed by atoms with E-state index in [0.717, 1.165) is 16.1 Å². The van der Waals surface area contributed by atoms with E-state index in [9.17, 15) is 0 Å². The molecule has 2 aromatic heterocycles. The van der Waals surface area contributed by atoms with Crippen molar-refractivity contribution in [2.75, 3.05) is 0 Å². The van der Waals surface area contributed by atoms with Crippen LogP contribution >= 0.6 is 69.7 Å². The summed E-state index contributed by atoms with van der Waals surface area (Å²) in [6, 6.07) is 3.82. The van der Waals surface area contributed by atoms with Crippen LogP contribution in [-0.4, -0.2) is 8.96 Å². The largest absolute Gasteiger partial charge is 0.270 e. The maximum Gasteiger partial charge on any atom is 0.151 e. The van der Waals surface area contributed by atoms with Gasteiger partial charge in [0.15, 0.2) is 5.65 Å². The van der Waals surface area contributed by atoms with Crippen molar-refractivity contribution in [3.8, 4) is 0 Å². The van der Waals surface area contributed by atoms with Crippen molar-refractivity contribution in [3.05, 3.63) is 29.5 Å². The van der Waals surface area contributed by atoms with Gasteiger partial charge in [0.05, 0.1) is 5.02 Å². The Hall–Kier alpha value is 1.22. The van der Waals surface area contributed by atoms with Gasteiger partial charge in [-0.25, -0.2) is 4.98 Å². The van der Waals surface area contributed by atoms with Gasteiger partial charge in [-0.2, -0.15) is 0 Å². The molecular weight excluding hydrogens is 464 g/mol. The number of nitrogens with zero attached hydrogens (tertiary/aromatic N) is 2. The van der Waals surface area contributed by atoms with Gasteiger partial charge in [-0.05, 0) is 56.2 Å². The average molecular weight is 468 g/mol. The summed E-state index contributed by atoms with van der Waals surface area (Å²) in [6.45, 7) is 0. The summed E-state index contributed by atoms with van der Waals surface area (Å²) in [7, 11) is 0. The highest BCUT2D eigenvalue weighted by Gasteiger charge is 2.08. The van der Waals surface area contributed by atoms with Gasteiger partial charge in [0.1, 0.15) is 2.41 Å². The zero-order valence-corrected chi connectivity index (χ0v) is 13.5. The van der Waals surface area contributed by atoms with E-state index in [1.54, 1.807) is 17.8 Å². The zero-order chi connectivity index (χ0) is 10.1. The number of fused-ring (bicyclic) bond motifs is 1. The van der Waals surface area contributed by atoms with E-state index in [4.69, 9.17) is 11.6 Å². The first-order valence-electron chi connectivity index (χ1n) is 3.60. The van der Waals surface area contributed by atoms with E-state index in [2.05, 4.69) is 53.0 Å².